The van der Waals surface area contributed by atoms with Crippen LogP contribution in [-0.4, -0.2) is 31.6 Å². The van der Waals surface area contributed by atoms with E-state index in [4.69, 9.17) is 9.47 Å². The molecule has 11 heteroatoms. The third-order valence-corrected chi connectivity index (χ3v) is 6.76. The van der Waals surface area contributed by atoms with Gasteiger partial charge in [0.2, 0.25) is 15.8 Å². The van der Waals surface area contributed by atoms with Crippen LogP contribution >= 0.6 is 0 Å². The van der Waals surface area contributed by atoms with Gasteiger partial charge in [-0.3, -0.25) is 0 Å². The Morgan fingerprint density at radius 3 is 2.38 bits per heavy atom. The monoisotopic (exact) mass is 489 g/mol. The Morgan fingerprint density at radius 1 is 0.912 bits per heavy atom. The number of nitrogens with zero attached hydrogens (tertiary/aromatic N) is 1. The number of hydrogen-bond donors (Lipinski definition) is 2. The van der Waals surface area contributed by atoms with Crippen molar-refractivity contribution in [3.8, 4) is 11.5 Å². The van der Waals surface area contributed by atoms with Crippen LogP contribution in [0.4, 0.5) is 13.2 Å². The number of aromatic nitrogens is 2. The fraction of sp³-hybridized carbons (Fsp3) is 0.174. The normalized spacial score (nSPS) is 14.8. The third kappa shape index (κ3) is 4.31. The lowest BCUT2D eigenvalue weighted by Gasteiger charge is -2.22. The Kier molecular flexibility index (Phi) is 5.45. The van der Waals surface area contributed by atoms with Gasteiger partial charge in [-0.25, -0.2) is 13.4 Å². The molecule has 1 atom stereocenters. The van der Waals surface area contributed by atoms with Crippen LogP contribution in [0.15, 0.2) is 71.6 Å². The van der Waals surface area contributed by atoms with Crippen molar-refractivity contribution in [2.75, 3.05) is 13.2 Å². The second-order valence-electron chi connectivity index (χ2n) is 7.63. The first kappa shape index (κ1) is 22.2. The molecule has 0 bridgehead atoms. The van der Waals surface area contributed by atoms with Crippen LogP contribution in [0, 0.1) is 0 Å². The molecule has 1 aromatic heterocycles. The van der Waals surface area contributed by atoms with Gasteiger partial charge in [0.1, 0.15) is 13.2 Å². The molecule has 0 amide bonds. The van der Waals surface area contributed by atoms with Crippen molar-refractivity contribution in [1.29, 1.82) is 0 Å². The van der Waals surface area contributed by atoms with E-state index < -0.39 is 28.1 Å². The molecule has 0 unspecified atom stereocenters. The maximum atomic E-state index is 13.3. The first-order valence-electron chi connectivity index (χ1n) is 10.2. The second-order valence-corrected chi connectivity index (χ2v) is 9.34. The van der Waals surface area contributed by atoms with E-state index in [1.807, 2.05) is 0 Å². The van der Waals surface area contributed by atoms with Crippen molar-refractivity contribution in [2.24, 2.45) is 0 Å². The van der Waals surface area contributed by atoms with Crippen LogP contribution in [0.3, 0.4) is 0 Å². The number of rotatable bonds is 5. The number of nitrogens with one attached hydrogen (secondary N) is 2. The molecular formula is C23H18F3N3O4S. The topological polar surface area (TPSA) is 93.3 Å². The Bertz CT molecular complexity index is 1450. The van der Waals surface area contributed by atoms with E-state index in [1.165, 1.54) is 30.3 Å². The average Bonchev–Trinajstić information content (AvgIpc) is 3.27. The largest absolute Gasteiger partial charge is 0.486 e. The summed E-state index contributed by atoms with van der Waals surface area (Å²) in [6, 6.07) is 16.6. The number of ether oxygens (including phenoxy) is 2. The zero-order valence-corrected chi connectivity index (χ0v) is 18.3. The minimum absolute atomic E-state index is 0.0281. The molecule has 0 saturated heterocycles. The third-order valence-electron chi connectivity index (χ3n) is 5.34. The van der Waals surface area contributed by atoms with Gasteiger partial charge >= 0.3 is 6.18 Å². The highest BCUT2D eigenvalue weighted by atomic mass is 32.2. The van der Waals surface area contributed by atoms with Crippen molar-refractivity contribution in [2.45, 2.75) is 17.1 Å². The lowest BCUT2D eigenvalue weighted by atomic mass is 9.99. The Hall–Kier alpha value is -3.57. The highest BCUT2D eigenvalue weighted by Gasteiger charge is 2.35. The van der Waals surface area contributed by atoms with Crippen molar-refractivity contribution in [3.63, 3.8) is 0 Å². The minimum atomic E-state index is -4.63. The fourth-order valence-corrected chi connectivity index (χ4v) is 4.96. The van der Waals surface area contributed by atoms with Gasteiger partial charge in [-0.1, -0.05) is 36.4 Å². The van der Waals surface area contributed by atoms with Crippen LogP contribution in [0.25, 0.3) is 11.0 Å². The number of aromatic amines is 1. The molecule has 2 heterocycles. The van der Waals surface area contributed by atoms with E-state index >= 15 is 0 Å². The van der Waals surface area contributed by atoms with Crippen molar-refractivity contribution >= 4 is 21.1 Å². The zero-order chi connectivity index (χ0) is 23.9. The van der Waals surface area contributed by atoms with Gasteiger partial charge in [0, 0.05) is 6.07 Å². The Balaban J connectivity index is 1.55. The molecule has 0 radical (unpaired) electrons. The van der Waals surface area contributed by atoms with Crippen molar-refractivity contribution in [3.05, 3.63) is 83.7 Å². The summed E-state index contributed by atoms with van der Waals surface area (Å²) in [5.41, 5.74) is 1.32. The predicted molar refractivity (Wildman–Crippen MR) is 117 cm³/mol. The molecule has 1 aliphatic heterocycles. The molecule has 0 spiro atoms. The smallest absolute Gasteiger partial charge is 0.449 e. The van der Waals surface area contributed by atoms with Gasteiger partial charge in [-0.2, -0.15) is 17.9 Å². The number of imidazole rings is 1. The van der Waals surface area contributed by atoms with Crippen molar-refractivity contribution in [1.82, 2.24) is 14.7 Å². The van der Waals surface area contributed by atoms with Crippen LogP contribution < -0.4 is 14.2 Å². The van der Waals surface area contributed by atoms with Crippen molar-refractivity contribution < 1.29 is 31.1 Å². The lowest BCUT2D eigenvalue weighted by molar-refractivity contribution is -0.144. The molecule has 4 aromatic rings. The maximum absolute atomic E-state index is 13.3. The summed E-state index contributed by atoms with van der Waals surface area (Å²) < 4.78 is 79.4. The maximum Gasteiger partial charge on any atom is 0.449 e. The highest BCUT2D eigenvalue weighted by Crippen LogP contribution is 2.34. The summed E-state index contributed by atoms with van der Waals surface area (Å²) in [5, 5.41) is 0. The molecular weight excluding hydrogens is 471 g/mol. The minimum Gasteiger partial charge on any atom is -0.486 e. The predicted octanol–water partition coefficient (Wildman–Crippen LogP) is 4.42. The average molecular weight is 489 g/mol. The number of H-pyrrole nitrogens is 1. The molecule has 3 aromatic carbocycles. The molecule has 7 nitrogen and oxygen atoms in total. The summed E-state index contributed by atoms with van der Waals surface area (Å²) in [4.78, 5) is 5.81. The van der Waals surface area contributed by atoms with Gasteiger partial charge in [0.25, 0.3) is 0 Å². The Morgan fingerprint density at radius 2 is 1.65 bits per heavy atom. The van der Waals surface area contributed by atoms with Gasteiger partial charge < -0.3 is 14.5 Å². The van der Waals surface area contributed by atoms with E-state index in [0.29, 0.717) is 35.8 Å². The van der Waals surface area contributed by atoms with Gasteiger partial charge in [0.15, 0.2) is 11.5 Å². The molecule has 0 saturated carbocycles. The molecule has 0 aliphatic carbocycles. The van der Waals surface area contributed by atoms with Crippen LogP contribution in [0.2, 0.25) is 0 Å². The van der Waals surface area contributed by atoms with E-state index in [1.54, 1.807) is 36.4 Å². The molecule has 34 heavy (non-hydrogen) atoms. The first-order valence-corrected chi connectivity index (χ1v) is 11.7. The summed E-state index contributed by atoms with van der Waals surface area (Å²) in [6.45, 7) is 0.681. The zero-order valence-electron chi connectivity index (χ0n) is 17.5. The fourth-order valence-electron chi connectivity index (χ4n) is 3.73. The standard InChI is InChI=1S/C23H18F3N3O4S/c24-23(25,26)22-27-17-8-6-15(12-18(17)28-22)21(14-4-2-1-3-5-14)29-34(30,31)16-7-9-19-20(13-16)33-11-10-32-19/h1-9,12-13,21,29H,10-11H2,(H,27,28)/t21-/m0/s1. The Labute approximate surface area is 192 Å². The number of halogens is 3. The van der Waals surface area contributed by atoms with E-state index in [0.717, 1.165) is 0 Å². The summed E-state index contributed by atoms with van der Waals surface area (Å²) in [7, 11) is -4.05. The number of fused-ring (bicyclic) bond motifs is 2. The van der Waals surface area contributed by atoms with Gasteiger partial charge in [-0.15, -0.1) is 0 Å². The molecule has 5 rings (SSSR count). The number of alkyl halides is 3. The lowest BCUT2D eigenvalue weighted by Crippen LogP contribution is -2.29. The summed E-state index contributed by atoms with van der Waals surface area (Å²) in [5.74, 6) is -0.341. The second kappa shape index (κ2) is 8.33. The van der Waals surface area contributed by atoms with E-state index in [-0.39, 0.29) is 15.9 Å². The van der Waals surface area contributed by atoms with Gasteiger partial charge in [0.05, 0.1) is 22.0 Å². The van der Waals surface area contributed by atoms with E-state index in [9.17, 15) is 21.6 Å². The van der Waals surface area contributed by atoms with Crippen LogP contribution in [0.1, 0.15) is 23.0 Å². The van der Waals surface area contributed by atoms with Crippen LogP contribution in [-0.2, 0) is 16.2 Å². The highest BCUT2D eigenvalue weighted by molar-refractivity contribution is 7.89. The van der Waals surface area contributed by atoms with Crippen LogP contribution in [0.5, 0.6) is 11.5 Å². The number of sulfonamides is 1. The molecule has 0 fully saturated rings. The SMILES string of the molecule is O=S(=O)(N[C@@H](c1ccccc1)c1ccc2nc(C(F)(F)F)[nH]c2c1)c1ccc2c(c1)OCCO2. The first-order chi connectivity index (χ1) is 16.2. The summed E-state index contributed by atoms with van der Waals surface area (Å²) in [6.07, 6.45) is -4.63. The molecule has 2 N–H and O–H groups in total. The molecule has 176 valence electrons. The number of hydrogen-bond acceptors (Lipinski definition) is 5. The number of benzene rings is 3. The summed E-state index contributed by atoms with van der Waals surface area (Å²) >= 11 is 0. The molecule has 1 aliphatic rings. The van der Waals surface area contributed by atoms with E-state index in [2.05, 4.69) is 14.7 Å². The van der Waals surface area contributed by atoms with Gasteiger partial charge in [-0.05, 0) is 35.4 Å². The quantitative estimate of drug-likeness (QED) is 0.433.